The van der Waals surface area contributed by atoms with Gasteiger partial charge in [0.2, 0.25) is 21.8 Å². The van der Waals surface area contributed by atoms with Crippen molar-refractivity contribution in [1.29, 1.82) is 0 Å². The summed E-state index contributed by atoms with van der Waals surface area (Å²) in [6, 6.07) is 11.6. The molecule has 3 rings (SSSR count). The van der Waals surface area contributed by atoms with Crippen LogP contribution in [0.25, 0.3) is 0 Å². The predicted octanol–water partition coefficient (Wildman–Crippen LogP) is 3.25. The molecule has 10 heteroatoms. The average molecular weight is 532 g/mol. The Labute approximate surface area is 219 Å². The lowest BCUT2D eigenvalue weighted by Gasteiger charge is -2.33. The summed E-state index contributed by atoms with van der Waals surface area (Å²) in [5.41, 5.74) is 1.66. The van der Waals surface area contributed by atoms with Crippen molar-refractivity contribution < 1.29 is 27.5 Å². The normalized spacial score (nSPS) is 14.0. The summed E-state index contributed by atoms with van der Waals surface area (Å²) in [6.07, 6.45) is 0. The minimum atomic E-state index is -3.83. The molecule has 37 heavy (non-hydrogen) atoms. The van der Waals surface area contributed by atoms with Gasteiger partial charge in [0.1, 0.15) is 25.8 Å². The van der Waals surface area contributed by atoms with Crippen LogP contribution in [0.5, 0.6) is 11.5 Å². The lowest BCUT2D eigenvalue weighted by atomic mass is 10.1. The van der Waals surface area contributed by atoms with E-state index in [-0.39, 0.29) is 18.2 Å². The number of carbonyl (C=O) groups excluding carboxylic acids is 2. The highest BCUT2D eigenvalue weighted by Gasteiger charge is 2.32. The number of ether oxygens (including phenoxy) is 2. The average Bonchev–Trinajstić information content (AvgIpc) is 2.84. The number of sulfonamides is 1. The van der Waals surface area contributed by atoms with Crippen LogP contribution in [0.2, 0.25) is 0 Å². The first-order chi connectivity index (χ1) is 17.3. The van der Waals surface area contributed by atoms with Crippen molar-refractivity contribution in [3.8, 4) is 11.5 Å². The van der Waals surface area contributed by atoms with Crippen molar-refractivity contribution in [2.45, 2.75) is 59.7 Å². The maximum atomic E-state index is 13.8. The van der Waals surface area contributed by atoms with Gasteiger partial charge in [0, 0.05) is 18.2 Å². The van der Waals surface area contributed by atoms with Crippen molar-refractivity contribution in [3.63, 3.8) is 0 Å². The van der Waals surface area contributed by atoms with Gasteiger partial charge in [0.15, 0.2) is 11.5 Å². The topological polar surface area (TPSA) is 105 Å². The summed E-state index contributed by atoms with van der Waals surface area (Å²) in [5, 5.41) is 2.92. The minimum Gasteiger partial charge on any atom is -0.486 e. The molecule has 1 heterocycles. The number of rotatable bonds is 9. The number of amides is 2. The van der Waals surface area contributed by atoms with Crippen LogP contribution in [0.15, 0.2) is 42.5 Å². The first kappa shape index (κ1) is 28.3. The Kier molecular flexibility index (Phi) is 8.73. The molecular weight excluding hydrogens is 494 g/mol. The molecule has 1 N–H and O–H groups in total. The van der Waals surface area contributed by atoms with Crippen LogP contribution in [0.3, 0.4) is 0 Å². The summed E-state index contributed by atoms with van der Waals surface area (Å²) in [5.74, 6) is -0.0828. The molecule has 2 aromatic rings. The highest BCUT2D eigenvalue weighted by molar-refractivity contribution is 7.92. The summed E-state index contributed by atoms with van der Waals surface area (Å²) < 4.78 is 38.5. The van der Waals surface area contributed by atoms with Gasteiger partial charge in [-0.2, -0.15) is 0 Å². The molecule has 1 aliphatic heterocycles. The number of hydrogen-bond acceptors (Lipinski definition) is 6. The number of anilines is 1. The number of nitrogens with one attached hydrogen (secondary N) is 1. The van der Waals surface area contributed by atoms with E-state index in [9.17, 15) is 18.0 Å². The molecule has 0 spiro atoms. The van der Waals surface area contributed by atoms with E-state index >= 15 is 0 Å². The zero-order valence-corrected chi connectivity index (χ0v) is 23.2. The Morgan fingerprint density at radius 1 is 1.05 bits per heavy atom. The molecule has 2 amide bonds. The molecule has 0 saturated heterocycles. The van der Waals surface area contributed by atoms with E-state index in [1.165, 1.54) is 11.8 Å². The van der Waals surface area contributed by atoms with Crippen molar-refractivity contribution in [3.05, 3.63) is 53.6 Å². The third-order valence-electron chi connectivity index (χ3n) is 5.89. The summed E-state index contributed by atoms with van der Waals surface area (Å²) >= 11 is 0. The lowest BCUT2D eigenvalue weighted by Crippen LogP contribution is -2.54. The van der Waals surface area contributed by atoms with E-state index in [0.717, 1.165) is 15.4 Å². The molecule has 0 saturated carbocycles. The molecule has 9 nitrogen and oxygen atoms in total. The smallest absolute Gasteiger partial charge is 0.244 e. The number of nitrogens with zero attached hydrogens (tertiary/aromatic N) is 2. The highest BCUT2D eigenvalue weighted by Crippen LogP contribution is 2.35. The van der Waals surface area contributed by atoms with Crippen LogP contribution >= 0.6 is 0 Å². The second-order valence-electron chi connectivity index (χ2n) is 10.2. The van der Waals surface area contributed by atoms with Crippen LogP contribution < -0.4 is 19.1 Å². The maximum Gasteiger partial charge on any atom is 0.244 e. The fourth-order valence-electron chi connectivity index (χ4n) is 3.97. The number of fused-ring (bicyclic) bond motifs is 1. The lowest BCUT2D eigenvalue weighted by molar-refractivity contribution is -0.140. The van der Waals surface area contributed by atoms with Crippen LogP contribution in [-0.4, -0.2) is 62.2 Å². The van der Waals surface area contributed by atoms with Crippen LogP contribution in [0, 0.1) is 6.92 Å². The molecule has 0 radical (unpaired) electrons. The summed E-state index contributed by atoms with van der Waals surface area (Å²) in [6.45, 7) is 11.2. The molecule has 1 unspecified atom stereocenters. The van der Waals surface area contributed by atoms with E-state index in [1.54, 1.807) is 25.1 Å². The molecule has 1 atom stereocenters. The zero-order chi connectivity index (χ0) is 27.4. The molecule has 0 bridgehead atoms. The van der Waals surface area contributed by atoms with Crippen molar-refractivity contribution in [2.24, 2.45) is 0 Å². The van der Waals surface area contributed by atoms with Gasteiger partial charge >= 0.3 is 0 Å². The Balaban J connectivity index is 1.96. The van der Waals surface area contributed by atoms with Crippen LogP contribution in [0.1, 0.15) is 45.7 Å². The summed E-state index contributed by atoms with van der Waals surface area (Å²) in [4.78, 5) is 28.2. The molecule has 0 fully saturated rings. The monoisotopic (exact) mass is 531 g/mol. The van der Waals surface area contributed by atoms with Gasteiger partial charge in [-0.3, -0.25) is 13.9 Å². The molecular formula is C27H37N3O6S. The van der Waals surface area contributed by atoms with E-state index in [1.807, 2.05) is 52.0 Å². The maximum absolute atomic E-state index is 13.8. The zero-order valence-electron chi connectivity index (χ0n) is 22.4. The van der Waals surface area contributed by atoms with Crippen LogP contribution in [0.4, 0.5) is 5.69 Å². The fraction of sp³-hybridized carbons (Fsp3) is 0.481. The third kappa shape index (κ3) is 7.38. The fourth-order valence-corrected chi connectivity index (χ4v) is 5.02. The molecule has 0 aromatic heterocycles. The molecule has 2 aromatic carbocycles. The minimum absolute atomic E-state index is 0.153. The van der Waals surface area contributed by atoms with Gasteiger partial charge in [-0.15, -0.1) is 0 Å². The van der Waals surface area contributed by atoms with Crippen molar-refractivity contribution >= 4 is 27.5 Å². The molecule has 1 aliphatic rings. The standard InChI is InChI=1S/C27H37N3O6S/c1-7-37(33,34)30(22-11-12-23-24(16-22)36-14-13-35-23)18-25(31)29(17-21-10-8-9-19(2)15-21)20(3)26(32)28-27(4,5)6/h8-12,15-16,20H,7,13-14,17-18H2,1-6H3,(H,28,32). The van der Waals surface area contributed by atoms with Gasteiger partial charge in [0.05, 0.1) is 11.4 Å². The number of aryl methyl sites for hydroxylation is 1. The van der Waals surface area contributed by atoms with E-state index in [2.05, 4.69) is 5.32 Å². The molecule has 202 valence electrons. The van der Waals surface area contributed by atoms with E-state index in [0.29, 0.717) is 30.4 Å². The Morgan fingerprint density at radius 2 is 1.73 bits per heavy atom. The van der Waals surface area contributed by atoms with E-state index < -0.39 is 34.1 Å². The Hall–Kier alpha value is -3.27. The number of benzene rings is 2. The van der Waals surface area contributed by atoms with Gasteiger partial charge < -0.3 is 19.7 Å². The number of hydrogen-bond donors (Lipinski definition) is 1. The van der Waals surface area contributed by atoms with Gasteiger partial charge in [-0.1, -0.05) is 29.8 Å². The van der Waals surface area contributed by atoms with Crippen molar-refractivity contribution in [1.82, 2.24) is 10.2 Å². The Bertz CT molecular complexity index is 1240. The first-order valence-electron chi connectivity index (χ1n) is 12.4. The largest absolute Gasteiger partial charge is 0.486 e. The van der Waals surface area contributed by atoms with Crippen molar-refractivity contribution in [2.75, 3.05) is 29.8 Å². The predicted molar refractivity (Wildman–Crippen MR) is 143 cm³/mol. The van der Waals surface area contributed by atoms with E-state index in [4.69, 9.17) is 9.47 Å². The molecule has 0 aliphatic carbocycles. The van der Waals surface area contributed by atoms with Gasteiger partial charge in [-0.25, -0.2) is 8.42 Å². The Morgan fingerprint density at radius 3 is 2.35 bits per heavy atom. The first-order valence-corrected chi connectivity index (χ1v) is 14.0. The van der Waals surface area contributed by atoms with Crippen LogP contribution in [-0.2, 0) is 26.2 Å². The second kappa shape index (κ2) is 11.4. The highest BCUT2D eigenvalue weighted by atomic mass is 32.2. The SMILES string of the molecule is CCS(=O)(=O)N(CC(=O)N(Cc1cccc(C)c1)C(C)C(=O)NC(C)(C)C)c1ccc2c(c1)OCCO2. The van der Waals surface area contributed by atoms with Gasteiger partial charge in [0.25, 0.3) is 0 Å². The summed E-state index contributed by atoms with van der Waals surface area (Å²) in [7, 11) is -3.83. The quantitative estimate of drug-likeness (QED) is 0.533. The second-order valence-corrected chi connectivity index (χ2v) is 12.3. The third-order valence-corrected chi connectivity index (χ3v) is 7.64. The number of carbonyl (C=O) groups is 2. The van der Waals surface area contributed by atoms with Gasteiger partial charge in [-0.05, 0) is 59.2 Å².